The average Bonchev–Trinajstić information content (AvgIpc) is 2.25. The van der Waals surface area contributed by atoms with Gasteiger partial charge in [0, 0.05) is 6.54 Å². The highest BCUT2D eigenvalue weighted by molar-refractivity contribution is 6.29. The zero-order valence-electron chi connectivity index (χ0n) is 11.3. The molecule has 1 heterocycles. The number of amides is 1. The van der Waals surface area contributed by atoms with Gasteiger partial charge in [0.1, 0.15) is 0 Å². The summed E-state index contributed by atoms with van der Waals surface area (Å²) >= 11 is 5.68. The Bertz CT molecular complexity index is 463. The summed E-state index contributed by atoms with van der Waals surface area (Å²) < 4.78 is 0. The highest BCUT2D eigenvalue weighted by Crippen LogP contribution is 2.24. The third-order valence-electron chi connectivity index (χ3n) is 2.61. The number of aliphatic hydroxyl groups excluding tert-OH is 1. The Hall–Kier alpha value is -1.40. The van der Waals surface area contributed by atoms with Crippen molar-refractivity contribution in [2.75, 3.05) is 11.9 Å². The van der Waals surface area contributed by atoms with Crippen LogP contribution in [-0.2, 0) is 0 Å². The van der Waals surface area contributed by atoms with Gasteiger partial charge in [0.25, 0.3) is 5.91 Å². The molecule has 0 aliphatic heterocycles. The number of nitrogens with zero attached hydrogens (tertiary/aromatic N) is 2. The van der Waals surface area contributed by atoms with E-state index >= 15 is 0 Å². The molecule has 0 saturated carbocycles. The van der Waals surface area contributed by atoms with Crippen LogP contribution in [0.25, 0.3) is 0 Å². The number of carbonyl (C=O) groups is 1. The quantitative estimate of drug-likeness (QED) is 0.734. The van der Waals surface area contributed by atoms with Gasteiger partial charge in [-0.15, -0.1) is 10.2 Å². The van der Waals surface area contributed by atoms with Crippen molar-refractivity contribution in [2.24, 2.45) is 11.1 Å². The summed E-state index contributed by atoms with van der Waals surface area (Å²) in [5.41, 5.74) is 5.30. The molecule has 1 amide bonds. The van der Waals surface area contributed by atoms with Crippen LogP contribution in [0.4, 0.5) is 5.82 Å². The first-order valence-electron chi connectivity index (χ1n) is 5.96. The van der Waals surface area contributed by atoms with E-state index in [0.29, 0.717) is 18.8 Å². The maximum absolute atomic E-state index is 11.3. The largest absolute Gasteiger partial charge is 0.393 e. The Kier molecular flexibility index (Phi) is 5.08. The maximum Gasteiger partial charge on any atom is 0.252 e. The molecule has 0 spiro atoms. The summed E-state index contributed by atoms with van der Waals surface area (Å²) in [5.74, 6) is -0.316. The second-order valence-electron chi connectivity index (χ2n) is 5.36. The van der Waals surface area contributed by atoms with Crippen molar-refractivity contribution in [1.82, 2.24) is 10.2 Å². The molecule has 1 rings (SSSR count). The minimum absolute atomic E-state index is 0.114. The van der Waals surface area contributed by atoms with Crippen molar-refractivity contribution in [3.63, 3.8) is 0 Å². The standard InChI is InChI=1S/C12H19ClN4O2/c1-7(18)5-12(2,3)6-15-11-8(10(14)19)4-9(13)16-17-11/h4,7,18H,5-6H2,1-3H3,(H2,14,19)(H,15,17). The molecule has 0 radical (unpaired) electrons. The second kappa shape index (κ2) is 6.16. The highest BCUT2D eigenvalue weighted by Gasteiger charge is 2.21. The first-order chi connectivity index (χ1) is 8.71. The summed E-state index contributed by atoms with van der Waals surface area (Å²) in [7, 11) is 0. The smallest absolute Gasteiger partial charge is 0.252 e. The third kappa shape index (κ3) is 5.00. The molecule has 7 heteroatoms. The number of primary amides is 1. The molecule has 1 aromatic heterocycles. The van der Waals surface area contributed by atoms with E-state index in [0.717, 1.165) is 0 Å². The molecule has 106 valence electrons. The minimum atomic E-state index is -0.618. The molecule has 1 atom stereocenters. The van der Waals surface area contributed by atoms with Crippen molar-refractivity contribution in [3.8, 4) is 0 Å². The van der Waals surface area contributed by atoms with Gasteiger partial charge in [0.05, 0.1) is 11.7 Å². The summed E-state index contributed by atoms with van der Waals surface area (Å²) in [6.45, 7) is 6.26. The summed E-state index contributed by atoms with van der Waals surface area (Å²) in [6.07, 6.45) is 0.219. The van der Waals surface area contributed by atoms with Crippen molar-refractivity contribution >= 4 is 23.3 Å². The van der Waals surface area contributed by atoms with Crippen LogP contribution in [0.1, 0.15) is 37.6 Å². The van der Waals surface area contributed by atoms with E-state index in [1.54, 1.807) is 6.92 Å². The molecular weight excluding hydrogens is 268 g/mol. The second-order valence-corrected chi connectivity index (χ2v) is 5.75. The van der Waals surface area contributed by atoms with Crippen LogP contribution in [0, 0.1) is 5.41 Å². The molecule has 0 fully saturated rings. The molecule has 6 nitrogen and oxygen atoms in total. The first kappa shape index (κ1) is 15.7. The molecule has 4 N–H and O–H groups in total. The van der Waals surface area contributed by atoms with Gasteiger partial charge in [-0.1, -0.05) is 25.4 Å². The predicted molar refractivity (Wildman–Crippen MR) is 74.1 cm³/mol. The number of nitrogens with two attached hydrogens (primary N) is 1. The number of aromatic nitrogens is 2. The van der Waals surface area contributed by atoms with Crippen LogP contribution in [0.15, 0.2) is 6.07 Å². The maximum atomic E-state index is 11.3. The molecule has 0 aromatic carbocycles. The fourth-order valence-corrected chi connectivity index (χ4v) is 2.03. The summed E-state index contributed by atoms with van der Waals surface area (Å²) in [4.78, 5) is 11.3. The van der Waals surface area contributed by atoms with Gasteiger partial charge in [-0.05, 0) is 24.8 Å². The predicted octanol–water partition coefficient (Wildman–Crippen LogP) is 1.44. The van der Waals surface area contributed by atoms with Gasteiger partial charge in [-0.3, -0.25) is 4.79 Å². The van der Waals surface area contributed by atoms with Crippen LogP contribution in [0.3, 0.4) is 0 Å². The van der Waals surface area contributed by atoms with E-state index in [2.05, 4.69) is 15.5 Å². The topological polar surface area (TPSA) is 101 Å². The van der Waals surface area contributed by atoms with Crippen LogP contribution < -0.4 is 11.1 Å². The lowest BCUT2D eigenvalue weighted by Crippen LogP contribution is -2.28. The van der Waals surface area contributed by atoms with Gasteiger partial charge in [0.2, 0.25) is 0 Å². The fourth-order valence-electron chi connectivity index (χ4n) is 1.88. The molecule has 0 saturated heterocycles. The molecule has 19 heavy (non-hydrogen) atoms. The van der Waals surface area contributed by atoms with Gasteiger partial charge in [-0.2, -0.15) is 0 Å². The Labute approximate surface area is 117 Å². The number of hydrogen-bond acceptors (Lipinski definition) is 5. The lowest BCUT2D eigenvalue weighted by atomic mass is 9.87. The Morgan fingerprint density at radius 2 is 2.21 bits per heavy atom. The Morgan fingerprint density at radius 3 is 2.74 bits per heavy atom. The monoisotopic (exact) mass is 286 g/mol. The van der Waals surface area contributed by atoms with Gasteiger partial charge < -0.3 is 16.2 Å². The number of carbonyl (C=O) groups excluding carboxylic acids is 1. The fraction of sp³-hybridized carbons (Fsp3) is 0.583. The van der Waals surface area contributed by atoms with Crippen LogP contribution in [-0.4, -0.2) is 33.9 Å². The van der Waals surface area contributed by atoms with E-state index in [9.17, 15) is 9.90 Å². The lowest BCUT2D eigenvalue weighted by molar-refractivity contribution is 0.1000. The van der Waals surface area contributed by atoms with Crippen molar-refractivity contribution in [1.29, 1.82) is 0 Å². The Balaban J connectivity index is 2.80. The van der Waals surface area contributed by atoms with E-state index in [1.165, 1.54) is 6.07 Å². The van der Waals surface area contributed by atoms with Crippen molar-refractivity contribution < 1.29 is 9.90 Å². The Morgan fingerprint density at radius 1 is 1.58 bits per heavy atom. The number of aliphatic hydroxyl groups is 1. The summed E-state index contributed by atoms with van der Waals surface area (Å²) in [5, 5.41) is 20.1. The molecule has 0 aliphatic rings. The number of nitrogens with one attached hydrogen (secondary N) is 1. The molecular formula is C12H19ClN4O2. The highest BCUT2D eigenvalue weighted by atomic mass is 35.5. The van der Waals surface area contributed by atoms with E-state index in [-0.39, 0.29) is 16.1 Å². The zero-order valence-corrected chi connectivity index (χ0v) is 12.0. The van der Waals surface area contributed by atoms with Gasteiger partial charge in [0.15, 0.2) is 11.0 Å². The van der Waals surface area contributed by atoms with E-state index in [4.69, 9.17) is 17.3 Å². The number of rotatable bonds is 6. The van der Waals surface area contributed by atoms with Crippen molar-refractivity contribution in [3.05, 3.63) is 16.8 Å². The van der Waals surface area contributed by atoms with E-state index in [1.807, 2.05) is 13.8 Å². The lowest BCUT2D eigenvalue weighted by Gasteiger charge is -2.26. The number of anilines is 1. The summed E-state index contributed by atoms with van der Waals surface area (Å²) in [6, 6.07) is 1.38. The zero-order chi connectivity index (χ0) is 14.6. The van der Waals surface area contributed by atoms with Crippen molar-refractivity contribution in [2.45, 2.75) is 33.3 Å². The number of hydrogen-bond donors (Lipinski definition) is 3. The average molecular weight is 287 g/mol. The molecule has 0 aliphatic carbocycles. The van der Waals surface area contributed by atoms with Gasteiger partial charge >= 0.3 is 0 Å². The van der Waals surface area contributed by atoms with Crippen LogP contribution >= 0.6 is 11.6 Å². The van der Waals surface area contributed by atoms with E-state index < -0.39 is 12.0 Å². The first-order valence-corrected chi connectivity index (χ1v) is 6.34. The SMILES string of the molecule is CC(O)CC(C)(C)CNc1nnc(Cl)cc1C(N)=O. The third-order valence-corrected chi connectivity index (χ3v) is 2.80. The molecule has 1 aromatic rings. The molecule has 0 bridgehead atoms. The van der Waals surface area contributed by atoms with Crippen LogP contribution in [0.5, 0.6) is 0 Å². The van der Waals surface area contributed by atoms with Gasteiger partial charge in [-0.25, -0.2) is 0 Å². The normalized spacial score (nSPS) is 13.1. The minimum Gasteiger partial charge on any atom is -0.393 e. The number of halogens is 1. The molecule has 1 unspecified atom stereocenters. The van der Waals surface area contributed by atoms with Crippen LogP contribution in [0.2, 0.25) is 5.15 Å².